The molecule has 5 nitrogen and oxygen atoms in total. The molecular weight excluding hydrogens is 242 g/mol. The number of nitrogens with two attached hydrogens (primary N) is 1. The number of rotatable bonds is 2. The molecule has 0 atom stereocenters. The van der Waals surface area contributed by atoms with E-state index in [0.717, 1.165) is 5.52 Å². The fourth-order valence-corrected chi connectivity index (χ4v) is 2.11. The van der Waals surface area contributed by atoms with Gasteiger partial charge in [0, 0.05) is 11.8 Å². The summed E-state index contributed by atoms with van der Waals surface area (Å²) in [5.41, 5.74) is 8.03. The van der Waals surface area contributed by atoms with E-state index in [2.05, 4.69) is 4.98 Å². The molecule has 1 aromatic carbocycles. The molecule has 0 saturated carbocycles. The smallest absolute Gasteiger partial charge is 0.336 e. The summed E-state index contributed by atoms with van der Waals surface area (Å²) in [6.45, 7) is 0. The standard InChI is InChI=1S/C14H11N3O2/c15-11-6-3-7-17-12(11)8-16-13(17)9-4-1-2-5-10(9)14(18)19/h1-8H,15H2,(H,18,19). The third-order valence-corrected chi connectivity index (χ3v) is 3.00. The van der Waals surface area contributed by atoms with Crippen molar-refractivity contribution in [2.24, 2.45) is 0 Å². The van der Waals surface area contributed by atoms with Gasteiger partial charge in [0.1, 0.15) is 5.82 Å². The summed E-state index contributed by atoms with van der Waals surface area (Å²) in [6, 6.07) is 10.4. The van der Waals surface area contributed by atoms with Crippen LogP contribution in [0.25, 0.3) is 16.9 Å². The van der Waals surface area contributed by atoms with Crippen molar-refractivity contribution in [1.29, 1.82) is 0 Å². The Morgan fingerprint density at radius 1 is 1.21 bits per heavy atom. The monoisotopic (exact) mass is 253 g/mol. The van der Waals surface area contributed by atoms with Crippen molar-refractivity contribution in [1.82, 2.24) is 9.38 Å². The Hall–Kier alpha value is -2.82. The number of carbonyl (C=O) groups is 1. The maximum atomic E-state index is 11.3. The zero-order valence-corrected chi connectivity index (χ0v) is 9.95. The van der Waals surface area contributed by atoms with Crippen molar-refractivity contribution in [2.75, 3.05) is 5.73 Å². The van der Waals surface area contributed by atoms with Gasteiger partial charge in [0.2, 0.25) is 0 Å². The minimum atomic E-state index is -0.976. The highest BCUT2D eigenvalue weighted by Crippen LogP contribution is 2.25. The lowest BCUT2D eigenvalue weighted by Crippen LogP contribution is -2.01. The normalized spacial score (nSPS) is 10.7. The fraction of sp³-hybridized carbons (Fsp3) is 0. The molecule has 2 heterocycles. The molecule has 19 heavy (non-hydrogen) atoms. The van der Waals surface area contributed by atoms with E-state index in [4.69, 9.17) is 5.73 Å². The molecule has 0 aliphatic heterocycles. The number of hydrogen-bond donors (Lipinski definition) is 2. The van der Waals surface area contributed by atoms with E-state index in [1.807, 2.05) is 6.20 Å². The zero-order chi connectivity index (χ0) is 13.4. The molecule has 0 radical (unpaired) electrons. The molecule has 3 N–H and O–H groups in total. The molecule has 0 aliphatic carbocycles. The van der Waals surface area contributed by atoms with Gasteiger partial charge < -0.3 is 10.8 Å². The van der Waals surface area contributed by atoms with E-state index in [1.165, 1.54) is 0 Å². The summed E-state index contributed by atoms with van der Waals surface area (Å²) >= 11 is 0. The number of anilines is 1. The lowest BCUT2D eigenvalue weighted by molar-refractivity contribution is 0.0697. The third-order valence-electron chi connectivity index (χ3n) is 3.00. The molecule has 5 heteroatoms. The average Bonchev–Trinajstić information content (AvgIpc) is 2.84. The number of fused-ring (bicyclic) bond motifs is 1. The van der Waals surface area contributed by atoms with Gasteiger partial charge in [-0.15, -0.1) is 0 Å². The summed E-state index contributed by atoms with van der Waals surface area (Å²) in [5, 5.41) is 9.23. The quantitative estimate of drug-likeness (QED) is 0.734. The first-order valence-corrected chi connectivity index (χ1v) is 5.72. The van der Waals surface area contributed by atoms with Gasteiger partial charge in [-0.3, -0.25) is 4.40 Å². The molecule has 2 aromatic heterocycles. The second kappa shape index (κ2) is 4.13. The van der Waals surface area contributed by atoms with Gasteiger partial charge in [0.05, 0.1) is 23.0 Å². The zero-order valence-electron chi connectivity index (χ0n) is 9.95. The highest BCUT2D eigenvalue weighted by molar-refractivity contribution is 5.95. The summed E-state index contributed by atoms with van der Waals surface area (Å²) in [5.74, 6) is -0.406. The van der Waals surface area contributed by atoms with E-state index >= 15 is 0 Å². The van der Waals surface area contributed by atoms with Gasteiger partial charge in [-0.05, 0) is 18.2 Å². The number of carboxylic acid groups (broad SMARTS) is 1. The van der Waals surface area contributed by atoms with E-state index in [0.29, 0.717) is 17.1 Å². The van der Waals surface area contributed by atoms with Crippen LogP contribution in [0.3, 0.4) is 0 Å². The molecule has 3 aromatic rings. The molecule has 0 saturated heterocycles. The van der Waals surface area contributed by atoms with Crippen molar-refractivity contribution in [3.8, 4) is 11.4 Å². The Labute approximate surface area is 108 Å². The van der Waals surface area contributed by atoms with Crippen LogP contribution in [0, 0.1) is 0 Å². The molecular formula is C14H11N3O2. The predicted molar refractivity (Wildman–Crippen MR) is 72.0 cm³/mol. The molecule has 0 fully saturated rings. The van der Waals surface area contributed by atoms with Gasteiger partial charge in [0.15, 0.2) is 0 Å². The number of nitrogens with zero attached hydrogens (tertiary/aromatic N) is 2. The summed E-state index contributed by atoms with van der Waals surface area (Å²) < 4.78 is 1.79. The second-order valence-electron chi connectivity index (χ2n) is 4.15. The van der Waals surface area contributed by atoms with Crippen LogP contribution in [0.15, 0.2) is 48.8 Å². The van der Waals surface area contributed by atoms with Gasteiger partial charge >= 0.3 is 5.97 Å². The topological polar surface area (TPSA) is 80.6 Å². The SMILES string of the molecule is Nc1cccn2c(-c3ccccc3C(=O)O)ncc12. The van der Waals surface area contributed by atoms with Crippen molar-refractivity contribution in [2.45, 2.75) is 0 Å². The molecule has 0 spiro atoms. The number of hydrogen-bond acceptors (Lipinski definition) is 3. The molecule has 0 aliphatic rings. The molecule has 94 valence electrons. The fourth-order valence-electron chi connectivity index (χ4n) is 2.11. The second-order valence-corrected chi connectivity index (χ2v) is 4.15. The highest BCUT2D eigenvalue weighted by Gasteiger charge is 2.15. The van der Waals surface area contributed by atoms with Crippen LogP contribution in [0.5, 0.6) is 0 Å². The molecule has 0 bridgehead atoms. The largest absolute Gasteiger partial charge is 0.478 e. The summed E-state index contributed by atoms with van der Waals surface area (Å²) in [7, 11) is 0. The number of aromatic nitrogens is 2. The number of benzene rings is 1. The number of imidazole rings is 1. The first-order valence-electron chi connectivity index (χ1n) is 5.72. The Kier molecular flexibility index (Phi) is 2.45. The van der Waals surface area contributed by atoms with Crippen molar-refractivity contribution >= 4 is 17.2 Å². The number of aromatic carboxylic acids is 1. The van der Waals surface area contributed by atoms with Crippen LogP contribution in [-0.4, -0.2) is 20.5 Å². The Bertz CT molecular complexity index is 777. The third kappa shape index (κ3) is 1.72. The van der Waals surface area contributed by atoms with Gasteiger partial charge in [-0.1, -0.05) is 18.2 Å². The minimum Gasteiger partial charge on any atom is -0.478 e. The van der Waals surface area contributed by atoms with Crippen LogP contribution < -0.4 is 5.73 Å². The van der Waals surface area contributed by atoms with Crippen LogP contribution >= 0.6 is 0 Å². The van der Waals surface area contributed by atoms with Crippen molar-refractivity contribution < 1.29 is 9.90 Å². The van der Waals surface area contributed by atoms with E-state index in [-0.39, 0.29) is 5.56 Å². The maximum absolute atomic E-state index is 11.3. The van der Waals surface area contributed by atoms with Crippen molar-refractivity contribution in [3.05, 3.63) is 54.4 Å². The molecule has 0 unspecified atom stereocenters. The highest BCUT2D eigenvalue weighted by atomic mass is 16.4. The van der Waals surface area contributed by atoms with E-state index < -0.39 is 5.97 Å². The lowest BCUT2D eigenvalue weighted by atomic mass is 10.1. The van der Waals surface area contributed by atoms with E-state index in [9.17, 15) is 9.90 Å². The van der Waals surface area contributed by atoms with E-state index in [1.54, 1.807) is 47.0 Å². The average molecular weight is 253 g/mol. The first-order chi connectivity index (χ1) is 9.18. The van der Waals surface area contributed by atoms with Gasteiger partial charge in [0.25, 0.3) is 0 Å². The maximum Gasteiger partial charge on any atom is 0.336 e. The lowest BCUT2D eigenvalue weighted by Gasteiger charge is -2.05. The van der Waals surface area contributed by atoms with Crippen LogP contribution in [0.1, 0.15) is 10.4 Å². The Morgan fingerprint density at radius 3 is 2.79 bits per heavy atom. The van der Waals surface area contributed by atoms with Gasteiger partial charge in [-0.2, -0.15) is 0 Å². The Morgan fingerprint density at radius 2 is 2.00 bits per heavy atom. The Balaban J connectivity index is 2.32. The van der Waals surface area contributed by atoms with Crippen LogP contribution in [0.2, 0.25) is 0 Å². The first kappa shape index (κ1) is 11.3. The predicted octanol–water partition coefficient (Wildman–Crippen LogP) is 2.28. The van der Waals surface area contributed by atoms with Crippen LogP contribution in [-0.2, 0) is 0 Å². The molecule has 0 amide bonds. The summed E-state index contributed by atoms with van der Waals surface area (Å²) in [6.07, 6.45) is 3.45. The minimum absolute atomic E-state index is 0.220. The van der Waals surface area contributed by atoms with Gasteiger partial charge in [-0.25, -0.2) is 9.78 Å². The number of carboxylic acids is 1. The van der Waals surface area contributed by atoms with Crippen LogP contribution in [0.4, 0.5) is 5.69 Å². The summed E-state index contributed by atoms with van der Waals surface area (Å²) in [4.78, 5) is 15.5. The molecule has 3 rings (SSSR count). The van der Waals surface area contributed by atoms with Crippen molar-refractivity contribution in [3.63, 3.8) is 0 Å². The number of pyridine rings is 1. The number of nitrogen functional groups attached to an aromatic ring is 1.